The Hall–Kier alpha value is -2.27. The van der Waals surface area contributed by atoms with Crippen molar-refractivity contribution in [2.24, 2.45) is 5.10 Å². The molecule has 0 unspecified atom stereocenters. The smallest absolute Gasteiger partial charge is 0.255 e. The fraction of sp³-hybridized carbons (Fsp3) is 0.222. The highest BCUT2D eigenvalue weighted by atomic mass is 32.2. The lowest BCUT2D eigenvalue weighted by molar-refractivity contribution is -0.127. The molecule has 1 aliphatic heterocycles. The Kier molecular flexibility index (Phi) is 4.98. The summed E-state index contributed by atoms with van der Waals surface area (Å²) in [6, 6.07) is 19.4. The van der Waals surface area contributed by atoms with Crippen LogP contribution in [-0.2, 0) is 21.3 Å². The first-order chi connectivity index (χ1) is 11.2. The van der Waals surface area contributed by atoms with E-state index in [4.69, 9.17) is 0 Å². The molecule has 1 amide bonds. The average molecular weight is 326 g/mol. The monoisotopic (exact) mass is 326 g/mol. The minimum atomic E-state index is -1.21. The molecule has 0 bridgehead atoms. The second-order valence-electron chi connectivity index (χ2n) is 5.39. The van der Waals surface area contributed by atoms with Gasteiger partial charge in [-0.15, -0.1) is 0 Å². The maximum Gasteiger partial charge on any atom is 0.255 e. The molecule has 1 atom stereocenters. The van der Waals surface area contributed by atoms with Gasteiger partial charge in [-0.2, -0.15) is 5.10 Å². The van der Waals surface area contributed by atoms with Crippen molar-refractivity contribution in [2.75, 3.05) is 12.3 Å². The van der Waals surface area contributed by atoms with E-state index in [1.165, 1.54) is 5.01 Å². The van der Waals surface area contributed by atoms with E-state index in [2.05, 4.69) is 5.10 Å². The van der Waals surface area contributed by atoms with Gasteiger partial charge in [-0.05, 0) is 11.1 Å². The van der Waals surface area contributed by atoms with Crippen LogP contribution in [0.1, 0.15) is 17.5 Å². The topological polar surface area (TPSA) is 49.7 Å². The number of carbonyl (C=O) groups excluding carboxylic acids is 1. The van der Waals surface area contributed by atoms with Gasteiger partial charge in [0.25, 0.3) is 5.91 Å². The van der Waals surface area contributed by atoms with E-state index in [1.807, 2.05) is 60.7 Å². The standard InChI is InChI=1S/C18H18N2O2S/c21-18(14-23(22)13-15-7-3-1-4-8-15)20-12-11-17(19-20)16-9-5-2-6-10-16/h1-10H,11-14H2/t23-/m0/s1. The molecule has 4 nitrogen and oxygen atoms in total. The summed E-state index contributed by atoms with van der Waals surface area (Å²) in [6.07, 6.45) is 0.737. The van der Waals surface area contributed by atoms with Gasteiger partial charge < -0.3 is 0 Å². The summed E-state index contributed by atoms with van der Waals surface area (Å²) >= 11 is 0. The Morgan fingerprint density at radius 1 is 1.04 bits per heavy atom. The Morgan fingerprint density at radius 3 is 2.39 bits per heavy atom. The van der Waals surface area contributed by atoms with Crippen LogP contribution < -0.4 is 0 Å². The molecule has 5 heteroatoms. The van der Waals surface area contributed by atoms with Gasteiger partial charge in [0.1, 0.15) is 5.75 Å². The summed E-state index contributed by atoms with van der Waals surface area (Å²) in [7, 11) is -1.21. The molecule has 0 saturated heterocycles. The van der Waals surface area contributed by atoms with E-state index in [0.717, 1.165) is 23.3 Å². The molecular weight excluding hydrogens is 308 g/mol. The first kappa shape index (κ1) is 15.6. The van der Waals surface area contributed by atoms with E-state index in [9.17, 15) is 9.00 Å². The number of hydrogen-bond donors (Lipinski definition) is 0. The number of hydrazone groups is 1. The molecule has 0 saturated carbocycles. The molecule has 1 aliphatic rings. The summed E-state index contributed by atoms with van der Waals surface area (Å²) in [4.78, 5) is 12.2. The van der Waals surface area contributed by atoms with Crippen LogP contribution in [0.2, 0.25) is 0 Å². The van der Waals surface area contributed by atoms with Gasteiger partial charge in [0.05, 0.1) is 12.3 Å². The predicted octanol–water partition coefficient (Wildman–Crippen LogP) is 2.57. The third-order valence-corrected chi connectivity index (χ3v) is 4.88. The van der Waals surface area contributed by atoms with Crippen molar-refractivity contribution in [1.29, 1.82) is 0 Å². The first-order valence-electron chi connectivity index (χ1n) is 7.54. The molecule has 2 aromatic rings. The number of nitrogens with zero attached hydrogens (tertiary/aromatic N) is 2. The summed E-state index contributed by atoms with van der Waals surface area (Å²) in [5.74, 6) is 0.237. The van der Waals surface area contributed by atoms with Crippen molar-refractivity contribution in [3.63, 3.8) is 0 Å². The number of hydrogen-bond acceptors (Lipinski definition) is 3. The Labute approximate surface area is 138 Å². The zero-order chi connectivity index (χ0) is 16.1. The highest BCUT2D eigenvalue weighted by Gasteiger charge is 2.22. The maximum absolute atomic E-state index is 12.2. The fourth-order valence-electron chi connectivity index (χ4n) is 2.49. The number of benzene rings is 2. The molecule has 0 fully saturated rings. The molecule has 2 aromatic carbocycles. The van der Waals surface area contributed by atoms with Crippen molar-refractivity contribution in [2.45, 2.75) is 12.2 Å². The minimum Gasteiger partial charge on any atom is -0.272 e. The van der Waals surface area contributed by atoms with E-state index in [0.29, 0.717) is 12.3 Å². The zero-order valence-electron chi connectivity index (χ0n) is 12.7. The van der Waals surface area contributed by atoms with Crippen LogP contribution in [0.15, 0.2) is 65.8 Å². The van der Waals surface area contributed by atoms with Crippen molar-refractivity contribution in [3.8, 4) is 0 Å². The van der Waals surface area contributed by atoms with Gasteiger partial charge in [0.2, 0.25) is 0 Å². The van der Waals surface area contributed by atoms with Crippen molar-refractivity contribution >= 4 is 22.4 Å². The van der Waals surface area contributed by atoms with Gasteiger partial charge in [-0.3, -0.25) is 9.00 Å². The first-order valence-corrected chi connectivity index (χ1v) is 9.03. The Balaban J connectivity index is 1.59. The Morgan fingerprint density at radius 2 is 1.70 bits per heavy atom. The van der Waals surface area contributed by atoms with E-state index < -0.39 is 10.8 Å². The number of rotatable bonds is 5. The number of amides is 1. The van der Waals surface area contributed by atoms with Crippen molar-refractivity contribution < 1.29 is 9.00 Å². The Bertz CT molecular complexity index is 729. The SMILES string of the molecule is O=C(C[S@@](=O)Cc1ccccc1)N1CCC(c2ccccc2)=N1. The lowest BCUT2D eigenvalue weighted by Gasteiger charge is -2.11. The third kappa shape index (κ3) is 4.13. The number of carbonyl (C=O) groups is 1. The summed E-state index contributed by atoms with van der Waals surface area (Å²) in [5.41, 5.74) is 2.93. The lowest BCUT2D eigenvalue weighted by Crippen LogP contribution is -2.28. The second kappa shape index (κ2) is 7.33. The van der Waals surface area contributed by atoms with Crippen LogP contribution in [-0.4, -0.2) is 33.1 Å². The minimum absolute atomic E-state index is 0.0143. The van der Waals surface area contributed by atoms with Crippen molar-refractivity contribution in [3.05, 3.63) is 71.8 Å². The van der Waals surface area contributed by atoms with Crippen LogP contribution in [0, 0.1) is 0 Å². The highest BCUT2D eigenvalue weighted by molar-refractivity contribution is 7.84. The zero-order valence-corrected chi connectivity index (χ0v) is 13.5. The van der Waals surface area contributed by atoms with Crippen LogP contribution in [0.5, 0.6) is 0 Å². The van der Waals surface area contributed by atoms with Crippen LogP contribution >= 0.6 is 0 Å². The molecule has 3 rings (SSSR count). The molecule has 0 aliphatic carbocycles. The van der Waals surface area contributed by atoms with Gasteiger partial charge in [-0.25, -0.2) is 5.01 Å². The molecule has 1 heterocycles. The molecular formula is C18H18N2O2S. The van der Waals surface area contributed by atoms with Gasteiger partial charge in [0.15, 0.2) is 0 Å². The normalized spacial score (nSPS) is 15.3. The van der Waals surface area contributed by atoms with E-state index in [1.54, 1.807) is 0 Å². The van der Waals surface area contributed by atoms with Gasteiger partial charge in [0, 0.05) is 23.0 Å². The highest BCUT2D eigenvalue weighted by Crippen LogP contribution is 2.14. The molecule has 0 spiro atoms. The van der Waals surface area contributed by atoms with E-state index >= 15 is 0 Å². The van der Waals surface area contributed by atoms with Gasteiger partial charge in [-0.1, -0.05) is 60.7 Å². The largest absolute Gasteiger partial charge is 0.272 e. The summed E-state index contributed by atoms with van der Waals surface area (Å²) in [5, 5.41) is 5.83. The maximum atomic E-state index is 12.2. The molecule has 0 N–H and O–H groups in total. The molecule has 118 valence electrons. The summed E-state index contributed by atoms with van der Waals surface area (Å²) < 4.78 is 12.1. The predicted molar refractivity (Wildman–Crippen MR) is 92.5 cm³/mol. The van der Waals surface area contributed by atoms with Crippen LogP contribution in [0.25, 0.3) is 0 Å². The summed E-state index contributed by atoms with van der Waals surface area (Å²) in [6.45, 7) is 0.561. The average Bonchev–Trinajstić information content (AvgIpc) is 3.06. The second-order valence-corrected chi connectivity index (χ2v) is 6.85. The fourth-order valence-corrected chi connectivity index (χ4v) is 3.58. The lowest BCUT2D eigenvalue weighted by atomic mass is 10.1. The molecule has 23 heavy (non-hydrogen) atoms. The van der Waals surface area contributed by atoms with E-state index in [-0.39, 0.29) is 11.7 Å². The molecule has 0 aromatic heterocycles. The quantitative estimate of drug-likeness (QED) is 0.848. The van der Waals surface area contributed by atoms with Gasteiger partial charge >= 0.3 is 0 Å². The van der Waals surface area contributed by atoms with Crippen molar-refractivity contribution in [1.82, 2.24) is 5.01 Å². The van der Waals surface area contributed by atoms with Crippen LogP contribution in [0.3, 0.4) is 0 Å². The third-order valence-electron chi connectivity index (χ3n) is 3.65. The molecule has 0 radical (unpaired) electrons. The van der Waals surface area contributed by atoms with Crippen LogP contribution in [0.4, 0.5) is 0 Å².